The smallest absolute Gasteiger partial charge is 0.255 e. The van der Waals surface area contributed by atoms with Gasteiger partial charge in [-0.05, 0) is 47.5 Å². The van der Waals surface area contributed by atoms with Crippen molar-refractivity contribution in [3.63, 3.8) is 0 Å². The maximum absolute atomic E-state index is 12.3. The number of anilines is 1. The van der Waals surface area contributed by atoms with Gasteiger partial charge in [0.2, 0.25) is 0 Å². The molecule has 0 aromatic heterocycles. The molecule has 0 spiro atoms. The van der Waals surface area contributed by atoms with Crippen molar-refractivity contribution in [2.24, 2.45) is 0 Å². The molecule has 0 bridgehead atoms. The summed E-state index contributed by atoms with van der Waals surface area (Å²) in [5.41, 5.74) is 2.16. The first kappa shape index (κ1) is 14.3. The molecule has 0 aliphatic heterocycles. The van der Waals surface area contributed by atoms with Crippen LogP contribution in [0.5, 0.6) is 0 Å². The number of hydrogen-bond donors (Lipinski definition) is 2. The molecule has 3 nitrogen and oxygen atoms in total. The molecule has 1 amide bonds. The number of aliphatic hydroxyl groups excluding tert-OH is 1. The first-order valence-electron chi connectivity index (χ1n) is 7.22. The number of rotatable bonds is 3. The van der Waals surface area contributed by atoms with Crippen LogP contribution in [0.25, 0.3) is 10.8 Å². The molecule has 0 saturated heterocycles. The zero-order valence-electron chi connectivity index (χ0n) is 12.3. The van der Waals surface area contributed by atoms with E-state index in [-0.39, 0.29) is 5.91 Å². The van der Waals surface area contributed by atoms with Gasteiger partial charge < -0.3 is 10.4 Å². The Bertz CT molecular complexity index is 807. The molecule has 0 aliphatic carbocycles. The molecule has 3 aromatic rings. The Labute approximate surface area is 129 Å². The van der Waals surface area contributed by atoms with E-state index in [2.05, 4.69) is 5.32 Å². The van der Waals surface area contributed by atoms with E-state index in [0.29, 0.717) is 11.3 Å². The molecule has 0 fully saturated rings. The van der Waals surface area contributed by atoms with Gasteiger partial charge in [0, 0.05) is 11.3 Å². The van der Waals surface area contributed by atoms with E-state index in [1.165, 1.54) is 0 Å². The van der Waals surface area contributed by atoms with Gasteiger partial charge in [-0.15, -0.1) is 0 Å². The summed E-state index contributed by atoms with van der Waals surface area (Å²) < 4.78 is 0. The summed E-state index contributed by atoms with van der Waals surface area (Å²) in [6.07, 6.45) is -0.509. The molecular weight excluding hydrogens is 274 g/mol. The van der Waals surface area contributed by atoms with Crippen LogP contribution < -0.4 is 5.32 Å². The van der Waals surface area contributed by atoms with E-state index in [1.807, 2.05) is 42.5 Å². The van der Waals surface area contributed by atoms with Gasteiger partial charge in [0.1, 0.15) is 0 Å². The standard InChI is InChI=1S/C19H17NO2/c1-13(21)14-8-10-18(11-9-14)20-19(22)17-7-6-15-4-2-3-5-16(15)12-17/h2-13,21H,1H3,(H,20,22). The molecule has 3 heteroatoms. The summed E-state index contributed by atoms with van der Waals surface area (Å²) in [5.74, 6) is -0.143. The highest BCUT2D eigenvalue weighted by Gasteiger charge is 2.07. The Morgan fingerprint density at radius 2 is 1.64 bits per heavy atom. The van der Waals surface area contributed by atoms with E-state index in [1.54, 1.807) is 31.2 Å². The van der Waals surface area contributed by atoms with E-state index < -0.39 is 6.10 Å². The number of nitrogens with one attached hydrogen (secondary N) is 1. The number of fused-ring (bicyclic) bond motifs is 1. The zero-order valence-corrected chi connectivity index (χ0v) is 12.3. The number of carbonyl (C=O) groups excluding carboxylic acids is 1. The van der Waals surface area contributed by atoms with Gasteiger partial charge in [-0.25, -0.2) is 0 Å². The predicted molar refractivity (Wildman–Crippen MR) is 89.0 cm³/mol. The lowest BCUT2D eigenvalue weighted by atomic mass is 10.1. The van der Waals surface area contributed by atoms with Gasteiger partial charge in [-0.2, -0.15) is 0 Å². The molecule has 1 atom stereocenters. The van der Waals surface area contributed by atoms with Crippen LogP contribution >= 0.6 is 0 Å². The molecule has 0 heterocycles. The van der Waals surface area contributed by atoms with Crippen molar-refractivity contribution in [2.75, 3.05) is 5.32 Å². The first-order chi connectivity index (χ1) is 10.6. The maximum atomic E-state index is 12.3. The quantitative estimate of drug-likeness (QED) is 0.761. The predicted octanol–water partition coefficient (Wildman–Crippen LogP) is 4.15. The van der Waals surface area contributed by atoms with Gasteiger partial charge in [-0.1, -0.05) is 42.5 Å². The summed E-state index contributed by atoms with van der Waals surface area (Å²) in [7, 11) is 0. The third-order valence-corrected chi connectivity index (χ3v) is 3.66. The molecule has 110 valence electrons. The second-order valence-electron chi connectivity index (χ2n) is 5.31. The number of carbonyl (C=O) groups is 1. The fourth-order valence-corrected chi connectivity index (χ4v) is 2.38. The van der Waals surface area contributed by atoms with Crippen molar-refractivity contribution in [1.82, 2.24) is 0 Å². The normalized spacial score (nSPS) is 12.1. The summed E-state index contributed by atoms with van der Waals surface area (Å²) in [6.45, 7) is 1.71. The Balaban J connectivity index is 1.80. The monoisotopic (exact) mass is 291 g/mol. The van der Waals surface area contributed by atoms with Crippen LogP contribution in [-0.4, -0.2) is 11.0 Å². The highest BCUT2D eigenvalue weighted by Crippen LogP contribution is 2.18. The van der Waals surface area contributed by atoms with Crippen molar-refractivity contribution in [3.8, 4) is 0 Å². The average Bonchev–Trinajstić information content (AvgIpc) is 2.55. The van der Waals surface area contributed by atoms with Crippen molar-refractivity contribution in [1.29, 1.82) is 0 Å². The minimum Gasteiger partial charge on any atom is -0.389 e. The molecule has 0 saturated carbocycles. The van der Waals surface area contributed by atoms with Crippen molar-refractivity contribution in [2.45, 2.75) is 13.0 Å². The van der Waals surface area contributed by atoms with Crippen LogP contribution in [0.4, 0.5) is 5.69 Å². The number of hydrogen-bond acceptors (Lipinski definition) is 2. The van der Waals surface area contributed by atoms with Crippen LogP contribution in [0.15, 0.2) is 66.7 Å². The summed E-state index contributed by atoms with van der Waals surface area (Å²) in [4.78, 5) is 12.3. The Hall–Kier alpha value is -2.65. The number of aliphatic hydroxyl groups is 1. The van der Waals surface area contributed by atoms with E-state index in [9.17, 15) is 9.90 Å². The minimum atomic E-state index is -0.509. The molecule has 1 unspecified atom stereocenters. The lowest BCUT2D eigenvalue weighted by molar-refractivity contribution is 0.102. The third-order valence-electron chi connectivity index (χ3n) is 3.66. The van der Waals surface area contributed by atoms with Crippen LogP contribution in [0.3, 0.4) is 0 Å². The maximum Gasteiger partial charge on any atom is 0.255 e. The molecule has 3 aromatic carbocycles. The van der Waals surface area contributed by atoms with Crippen molar-refractivity contribution >= 4 is 22.4 Å². The molecule has 0 aliphatic rings. The van der Waals surface area contributed by atoms with Crippen LogP contribution in [0.2, 0.25) is 0 Å². The lowest BCUT2D eigenvalue weighted by Crippen LogP contribution is -2.11. The van der Waals surface area contributed by atoms with E-state index in [0.717, 1.165) is 16.3 Å². The highest BCUT2D eigenvalue weighted by atomic mass is 16.3. The fourth-order valence-electron chi connectivity index (χ4n) is 2.38. The average molecular weight is 291 g/mol. The Kier molecular flexibility index (Phi) is 3.90. The van der Waals surface area contributed by atoms with Crippen molar-refractivity contribution < 1.29 is 9.90 Å². The molecule has 2 N–H and O–H groups in total. The number of amides is 1. The van der Waals surface area contributed by atoms with Crippen LogP contribution in [0.1, 0.15) is 28.9 Å². The zero-order chi connectivity index (χ0) is 15.5. The molecule has 22 heavy (non-hydrogen) atoms. The van der Waals surface area contributed by atoms with Gasteiger partial charge in [0.05, 0.1) is 6.10 Å². The largest absolute Gasteiger partial charge is 0.389 e. The van der Waals surface area contributed by atoms with Gasteiger partial charge in [0.15, 0.2) is 0 Å². The summed E-state index contributed by atoms with van der Waals surface area (Å²) in [6, 6.07) is 20.8. The second-order valence-corrected chi connectivity index (χ2v) is 5.31. The van der Waals surface area contributed by atoms with E-state index in [4.69, 9.17) is 0 Å². The van der Waals surface area contributed by atoms with Crippen LogP contribution in [-0.2, 0) is 0 Å². The third kappa shape index (κ3) is 3.00. The topological polar surface area (TPSA) is 49.3 Å². The van der Waals surface area contributed by atoms with Gasteiger partial charge in [0.25, 0.3) is 5.91 Å². The summed E-state index contributed by atoms with van der Waals surface area (Å²) >= 11 is 0. The fraction of sp³-hybridized carbons (Fsp3) is 0.105. The van der Waals surface area contributed by atoms with Crippen LogP contribution in [0, 0.1) is 0 Å². The van der Waals surface area contributed by atoms with Gasteiger partial charge >= 0.3 is 0 Å². The van der Waals surface area contributed by atoms with Crippen molar-refractivity contribution in [3.05, 3.63) is 77.9 Å². The second kappa shape index (κ2) is 6.00. The summed E-state index contributed by atoms with van der Waals surface area (Å²) in [5, 5.41) is 14.5. The molecular formula is C19H17NO2. The van der Waals surface area contributed by atoms with E-state index >= 15 is 0 Å². The Morgan fingerprint density at radius 1 is 0.955 bits per heavy atom. The lowest BCUT2D eigenvalue weighted by Gasteiger charge is -2.08. The van der Waals surface area contributed by atoms with Gasteiger partial charge in [-0.3, -0.25) is 4.79 Å². The molecule has 3 rings (SSSR count). The highest BCUT2D eigenvalue weighted by molar-refractivity contribution is 6.06. The molecule has 0 radical (unpaired) electrons. The Morgan fingerprint density at radius 3 is 2.32 bits per heavy atom. The number of benzene rings is 3. The SMILES string of the molecule is CC(O)c1ccc(NC(=O)c2ccc3ccccc3c2)cc1. The minimum absolute atomic E-state index is 0.143. The first-order valence-corrected chi connectivity index (χ1v) is 7.22.